The van der Waals surface area contributed by atoms with Crippen LogP contribution in [0.4, 0.5) is 0 Å². The number of hydrogen-bond donors (Lipinski definition) is 2. The number of nitrogens with one attached hydrogen (secondary N) is 1. The van der Waals surface area contributed by atoms with Crippen molar-refractivity contribution < 1.29 is 32.6 Å². The van der Waals surface area contributed by atoms with E-state index < -0.39 is 27.8 Å². The second-order valence-corrected chi connectivity index (χ2v) is 11.9. The Morgan fingerprint density at radius 2 is 1.57 bits per heavy atom. The zero-order chi connectivity index (χ0) is 31.7. The van der Waals surface area contributed by atoms with Gasteiger partial charge in [0.2, 0.25) is 0 Å². The lowest BCUT2D eigenvalue weighted by molar-refractivity contribution is -0.139. The van der Waals surface area contributed by atoms with Crippen molar-refractivity contribution in [2.45, 2.75) is 53.4 Å². The summed E-state index contributed by atoms with van der Waals surface area (Å²) in [6.45, 7) is 9.36. The van der Waals surface area contributed by atoms with Crippen molar-refractivity contribution in [3.63, 3.8) is 0 Å². The van der Waals surface area contributed by atoms with Crippen LogP contribution in [0.1, 0.15) is 54.2 Å². The van der Waals surface area contributed by atoms with Crippen LogP contribution in [-0.4, -0.2) is 57.2 Å². The first-order valence-corrected chi connectivity index (χ1v) is 16.1. The molecule has 10 heteroatoms. The second-order valence-electron chi connectivity index (χ2n) is 9.18. The second kappa shape index (κ2) is 19.0. The number of sulfone groups is 1. The van der Waals surface area contributed by atoms with Crippen molar-refractivity contribution in [3.05, 3.63) is 94.0 Å². The first-order valence-electron chi connectivity index (χ1n) is 13.7. The lowest BCUT2D eigenvalue weighted by Gasteiger charge is -2.18. The molecule has 0 aliphatic rings. The number of carboxylic acid groups (broad SMARTS) is 1. The van der Waals surface area contributed by atoms with E-state index in [-0.39, 0.29) is 17.7 Å². The first-order chi connectivity index (χ1) is 19.9. The average Bonchev–Trinajstić information content (AvgIpc) is 2.96. The molecular formula is C32H42ClNO7S. The molecule has 0 bridgehead atoms. The molecule has 0 aliphatic heterocycles. The minimum Gasteiger partial charge on any atom is -0.480 e. The predicted octanol–water partition coefficient (Wildman–Crippen LogP) is 6.33. The number of halogens is 1. The van der Waals surface area contributed by atoms with Gasteiger partial charge >= 0.3 is 5.97 Å². The van der Waals surface area contributed by atoms with Gasteiger partial charge in [-0.05, 0) is 72.4 Å². The van der Waals surface area contributed by atoms with Gasteiger partial charge in [-0.1, -0.05) is 67.9 Å². The van der Waals surface area contributed by atoms with Gasteiger partial charge in [0.1, 0.15) is 15.9 Å². The monoisotopic (exact) mass is 619 g/mol. The number of carbonyl (C=O) groups is 2. The molecule has 1 atom stereocenters. The van der Waals surface area contributed by atoms with E-state index in [0.717, 1.165) is 35.1 Å². The van der Waals surface area contributed by atoms with Crippen LogP contribution in [0.5, 0.6) is 0 Å². The van der Waals surface area contributed by atoms with E-state index in [0.29, 0.717) is 23.8 Å². The maximum Gasteiger partial charge on any atom is 0.326 e. The average molecular weight is 620 g/mol. The van der Waals surface area contributed by atoms with Gasteiger partial charge < -0.3 is 19.9 Å². The highest BCUT2D eigenvalue weighted by Crippen LogP contribution is 2.29. The Morgan fingerprint density at radius 1 is 0.952 bits per heavy atom. The smallest absolute Gasteiger partial charge is 0.326 e. The van der Waals surface area contributed by atoms with Crippen LogP contribution in [0.15, 0.2) is 66.7 Å². The minimum absolute atomic E-state index is 0.227. The largest absolute Gasteiger partial charge is 0.480 e. The molecule has 0 saturated carbocycles. The van der Waals surface area contributed by atoms with Crippen molar-refractivity contribution in [1.29, 1.82) is 0 Å². The number of carboxylic acids is 1. The Balaban J connectivity index is 0.00000135. The third-order valence-electron chi connectivity index (χ3n) is 5.86. The minimum atomic E-state index is -3.38. The molecular weight excluding hydrogens is 578 g/mol. The fourth-order valence-corrected chi connectivity index (χ4v) is 4.59. The number of rotatable bonds is 12. The molecule has 3 aromatic rings. The topological polar surface area (TPSA) is 119 Å². The van der Waals surface area contributed by atoms with Crippen molar-refractivity contribution in [3.8, 4) is 11.1 Å². The standard InChI is InChI=1S/C27H28ClNO6S.C3H8O.C2H6/c1-18-6-3-4-9-22(18)24-15-20(17-35-16-19-7-5-8-21(28)14-19)10-11-23(24)26(30)29-25(27(31)32)12-13-36(2,33)34;1-3-4-2;1-2/h3-11,14-15,25H,12-13,16-17H2,1-2H3,(H,29,30)(H,31,32);3H2,1-2H3;1-2H3. The number of methoxy groups -OCH3 is 1. The molecule has 0 saturated heterocycles. The van der Waals surface area contributed by atoms with Gasteiger partial charge in [-0.2, -0.15) is 0 Å². The number of aryl methyl sites for hydroxylation is 1. The van der Waals surface area contributed by atoms with Crippen molar-refractivity contribution in [2.75, 3.05) is 25.7 Å². The van der Waals surface area contributed by atoms with Gasteiger partial charge in [0.25, 0.3) is 5.91 Å². The van der Waals surface area contributed by atoms with Crippen LogP contribution in [0.25, 0.3) is 11.1 Å². The molecule has 230 valence electrons. The zero-order valence-corrected chi connectivity index (χ0v) is 26.7. The van der Waals surface area contributed by atoms with Crippen LogP contribution in [-0.2, 0) is 37.3 Å². The molecule has 0 aromatic heterocycles. The van der Waals surface area contributed by atoms with Crippen LogP contribution >= 0.6 is 11.6 Å². The predicted molar refractivity (Wildman–Crippen MR) is 169 cm³/mol. The lowest BCUT2D eigenvalue weighted by Crippen LogP contribution is -2.42. The van der Waals surface area contributed by atoms with E-state index in [1.165, 1.54) is 0 Å². The van der Waals surface area contributed by atoms with Crippen LogP contribution < -0.4 is 5.32 Å². The number of carbonyl (C=O) groups excluding carboxylic acids is 1. The van der Waals surface area contributed by atoms with Crippen molar-refractivity contribution in [1.82, 2.24) is 5.32 Å². The summed E-state index contributed by atoms with van der Waals surface area (Å²) in [6.07, 6.45) is 0.798. The van der Waals surface area contributed by atoms with E-state index in [9.17, 15) is 23.1 Å². The van der Waals surface area contributed by atoms with Gasteiger partial charge in [0.05, 0.1) is 19.0 Å². The summed E-state index contributed by atoms with van der Waals surface area (Å²) in [6, 6.07) is 18.8. The maximum absolute atomic E-state index is 13.2. The summed E-state index contributed by atoms with van der Waals surface area (Å²) < 4.78 is 33.4. The van der Waals surface area contributed by atoms with Gasteiger partial charge in [-0.25, -0.2) is 13.2 Å². The van der Waals surface area contributed by atoms with Crippen LogP contribution in [0.2, 0.25) is 5.02 Å². The van der Waals surface area contributed by atoms with Crippen LogP contribution in [0, 0.1) is 6.92 Å². The lowest BCUT2D eigenvalue weighted by atomic mass is 9.93. The summed E-state index contributed by atoms with van der Waals surface area (Å²) in [5.41, 5.74) is 4.44. The maximum atomic E-state index is 13.2. The number of amides is 1. The van der Waals surface area contributed by atoms with Gasteiger partial charge in [-0.15, -0.1) is 0 Å². The number of hydrogen-bond acceptors (Lipinski definition) is 6. The Bertz CT molecular complexity index is 1390. The molecule has 2 N–H and O–H groups in total. The Morgan fingerprint density at radius 3 is 2.12 bits per heavy atom. The molecule has 0 heterocycles. The highest BCUT2D eigenvalue weighted by atomic mass is 35.5. The Hall–Kier alpha value is -3.24. The van der Waals surface area contributed by atoms with Crippen LogP contribution in [0.3, 0.4) is 0 Å². The number of aliphatic carboxylic acids is 1. The fourth-order valence-electron chi connectivity index (χ4n) is 3.72. The SMILES string of the molecule is CC.CCOC.Cc1ccccc1-c1cc(COCc2cccc(Cl)c2)ccc1C(=O)NC(CCS(C)(=O)=O)C(=O)O. The Kier molecular flexibility index (Phi) is 16.7. The molecule has 1 amide bonds. The van der Waals surface area contributed by atoms with Gasteiger partial charge in [-0.3, -0.25) is 4.79 Å². The quantitative estimate of drug-likeness (QED) is 0.243. The third-order valence-corrected chi connectivity index (χ3v) is 7.07. The van der Waals surface area contributed by atoms with E-state index in [4.69, 9.17) is 16.3 Å². The molecule has 0 spiro atoms. The highest BCUT2D eigenvalue weighted by molar-refractivity contribution is 7.90. The van der Waals surface area contributed by atoms with E-state index in [1.54, 1.807) is 25.3 Å². The molecule has 3 rings (SSSR count). The van der Waals surface area contributed by atoms with E-state index in [1.807, 2.05) is 76.2 Å². The summed E-state index contributed by atoms with van der Waals surface area (Å²) in [4.78, 5) is 24.8. The number of ether oxygens (including phenoxy) is 2. The van der Waals surface area contributed by atoms with Gasteiger partial charge in [0.15, 0.2) is 0 Å². The van der Waals surface area contributed by atoms with Gasteiger partial charge in [0, 0.05) is 30.6 Å². The normalized spacial score (nSPS) is 11.3. The molecule has 8 nitrogen and oxygen atoms in total. The Labute approximate surface area is 254 Å². The first kappa shape index (κ1) is 36.8. The summed E-state index contributed by atoms with van der Waals surface area (Å²) in [7, 11) is -1.70. The molecule has 0 fully saturated rings. The molecule has 42 heavy (non-hydrogen) atoms. The molecule has 0 radical (unpaired) electrons. The van der Waals surface area contributed by atoms with E-state index in [2.05, 4.69) is 10.1 Å². The fraction of sp³-hybridized carbons (Fsp3) is 0.375. The third kappa shape index (κ3) is 13.2. The summed E-state index contributed by atoms with van der Waals surface area (Å²) >= 11 is 6.03. The van der Waals surface area contributed by atoms with E-state index >= 15 is 0 Å². The highest BCUT2D eigenvalue weighted by Gasteiger charge is 2.24. The van der Waals surface area contributed by atoms with Crippen molar-refractivity contribution in [2.24, 2.45) is 0 Å². The number of benzene rings is 3. The summed E-state index contributed by atoms with van der Waals surface area (Å²) in [5, 5.41) is 12.6. The zero-order valence-electron chi connectivity index (χ0n) is 25.1. The molecule has 0 aliphatic carbocycles. The summed E-state index contributed by atoms with van der Waals surface area (Å²) in [5.74, 6) is -2.24. The molecule has 1 unspecified atom stereocenters. The van der Waals surface area contributed by atoms with Crippen molar-refractivity contribution >= 4 is 33.3 Å². The molecule has 3 aromatic carbocycles.